The van der Waals surface area contributed by atoms with Crippen molar-refractivity contribution in [3.8, 4) is 0 Å². The van der Waals surface area contributed by atoms with Crippen LogP contribution in [0.25, 0.3) is 11.0 Å². The van der Waals surface area contributed by atoms with Crippen molar-refractivity contribution in [2.45, 2.75) is 37.6 Å². The monoisotopic (exact) mass is 283 g/mol. The average molecular weight is 283 g/mol. The van der Waals surface area contributed by atoms with Gasteiger partial charge >= 0.3 is 5.69 Å². The molecule has 0 unspecified atom stereocenters. The maximum atomic E-state index is 12.2. The number of aromatic amines is 2. The van der Waals surface area contributed by atoms with Crippen molar-refractivity contribution in [3.63, 3.8) is 0 Å². The van der Waals surface area contributed by atoms with E-state index >= 15 is 0 Å². The molecule has 19 heavy (non-hydrogen) atoms. The minimum Gasteiger partial charge on any atom is -0.306 e. The van der Waals surface area contributed by atoms with Crippen LogP contribution in [0.3, 0.4) is 0 Å². The Kier molecular flexibility index (Phi) is 3.77. The first-order chi connectivity index (χ1) is 8.96. The van der Waals surface area contributed by atoms with Gasteiger partial charge in [-0.25, -0.2) is 17.9 Å². The number of hydrogen-bond acceptors (Lipinski definition) is 3. The highest BCUT2D eigenvalue weighted by Crippen LogP contribution is 2.16. The summed E-state index contributed by atoms with van der Waals surface area (Å²) in [4.78, 5) is 16.4. The Labute approximate surface area is 111 Å². The van der Waals surface area contributed by atoms with E-state index in [0.29, 0.717) is 11.0 Å². The molecule has 0 saturated carbocycles. The molecule has 0 bridgehead atoms. The summed E-state index contributed by atoms with van der Waals surface area (Å²) < 4.78 is 27.0. The molecule has 0 atom stereocenters. The molecule has 2 rings (SSSR count). The Balaban J connectivity index is 2.39. The van der Waals surface area contributed by atoms with Crippen molar-refractivity contribution in [2.24, 2.45) is 0 Å². The Hall–Kier alpha value is -1.60. The summed E-state index contributed by atoms with van der Waals surface area (Å²) in [5, 5.41) is 0. The van der Waals surface area contributed by atoms with Crippen LogP contribution >= 0.6 is 0 Å². The van der Waals surface area contributed by atoms with Gasteiger partial charge in [-0.3, -0.25) is 0 Å². The summed E-state index contributed by atoms with van der Waals surface area (Å²) in [7, 11) is -3.55. The molecule has 0 fully saturated rings. The molecular weight excluding hydrogens is 266 g/mol. The first-order valence-corrected chi connectivity index (χ1v) is 7.69. The number of hydrogen-bond donors (Lipinski definition) is 3. The molecule has 0 amide bonds. The molecule has 0 aliphatic rings. The lowest BCUT2D eigenvalue weighted by Gasteiger charge is -2.14. The molecule has 2 aromatic rings. The molecule has 1 aromatic heterocycles. The molecule has 0 aliphatic heterocycles. The third-order valence-corrected chi connectivity index (χ3v) is 4.62. The van der Waals surface area contributed by atoms with Crippen LogP contribution in [0.1, 0.15) is 26.7 Å². The first-order valence-electron chi connectivity index (χ1n) is 6.20. The largest absolute Gasteiger partial charge is 0.323 e. The maximum absolute atomic E-state index is 12.2. The number of H-pyrrole nitrogens is 2. The Morgan fingerprint density at radius 2 is 1.79 bits per heavy atom. The van der Waals surface area contributed by atoms with Crippen LogP contribution in [-0.2, 0) is 10.0 Å². The predicted molar refractivity (Wildman–Crippen MR) is 73.6 cm³/mol. The Bertz CT molecular complexity index is 726. The fourth-order valence-corrected chi connectivity index (χ4v) is 3.35. The van der Waals surface area contributed by atoms with Gasteiger partial charge in [-0.05, 0) is 31.0 Å². The second kappa shape index (κ2) is 5.18. The van der Waals surface area contributed by atoms with Crippen LogP contribution in [-0.4, -0.2) is 24.4 Å². The van der Waals surface area contributed by atoms with E-state index in [2.05, 4.69) is 14.7 Å². The molecule has 7 heteroatoms. The standard InChI is InChI=1S/C12H17N3O3S/c1-3-8(4-2)15-19(17,18)9-5-6-10-11(7-9)14-12(16)13-10/h5-8,15H,3-4H2,1-2H3,(H2,13,14,16). The van der Waals surface area contributed by atoms with Gasteiger partial charge in [0.15, 0.2) is 0 Å². The van der Waals surface area contributed by atoms with Crippen molar-refractivity contribution in [2.75, 3.05) is 0 Å². The van der Waals surface area contributed by atoms with Gasteiger partial charge in [0.25, 0.3) is 0 Å². The molecule has 6 nitrogen and oxygen atoms in total. The SMILES string of the molecule is CCC(CC)NS(=O)(=O)c1ccc2[nH]c(=O)[nH]c2c1. The van der Waals surface area contributed by atoms with Crippen molar-refractivity contribution < 1.29 is 8.42 Å². The second-order valence-corrected chi connectivity index (χ2v) is 6.14. The van der Waals surface area contributed by atoms with Gasteiger partial charge in [0, 0.05) is 6.04 Å². The highest BCUT2D eigenvalue weighted by atomic mass is 32.2. The van der Waals surface area contributed by atoms with Gasteiger partial charge in [-0.1, -0.05) is 13.8 Å². The zero-order valence-electron chi connectivity index (χ0n) is 10.9. The fraction of sp³-hybridized carbons (Fsp3) is 0.417. The van der Waals surface area contributed by atoms with Gasteiger partial charge in [0.2, 0.25) is 10.0 Å². The molecule has 0 radical (unpaired) electrons. The number of aromatic nitrogens is 2. The molecular formula is C12H17N3O3S. The highest BCUT2D eigenvalue weighted by molar-refractivity contribution is 7.89. The molecule has 0 saturated heterocycles. The van der Waals surface area contributed by atoms with Gasteiger partial charge < -0.3 is 9.97 Å². The third kappa shape index (κ3) is 2.87. The topological polar surface area (TPSA) is 94.8 Å². The van der Waals surface area contributed by atoms with Crippen LogP contribution in [0, 0.1) is 0 Å². The Morgan fingerprint density at radius 1 is 1.16 bits per heavy atom. The number of benzene rings is 1. The van der Waals surface area contributed by atoms with Crippen molar-refractivity contribution in [1.29, 1.82) is 0 Å². The average Bonchev–Trinajstić information content (AvgIpc) is 2.74. The quantitative estimate of drug-likeness (QED) is 0.772. The van der Waals surface area contributed by atoms with E-state index in [1.54, 1.807) is 6.07 Å². The second-order valence-electron chi connectivity index (χ2n) is 4.42. The minimum absolute atomic E-state index is 0.0778. The summed E-state index contributed by atoms with van der Waals surface area (Å²) in [6.07, 6.45) is 1.47. The van der Waals surface area contributed by atoms with Crippen LogP contribution in [0.2, 0.25) is 0 Å². The molecule has 0 spiro atoms. The van der Waals surface area contributed by atoms with Gasteiger partial charge in [0.1, 0.15) is 0 Å². The summed E-state index contributed by atoms with van der Waals surface area (Å²) >= 11 is 0. The molecule has 1 heterocycles. The molecule has 104 valence electrons. The first kappa shape index (κ1) is 13.8. The van der Waals surface area contributed by atoms with E-state index in [1.807, 2.05) is 13.8 Å². The number of fused-ring (bicyclic) bond motifs is 1. The van der Waals surface area contributed by atoms with Crippen LogP contribution in [0.4, 0.5) is 0 Å². The van der Waals surface area contributed by atoms with Gasteiger partial charge in [0.05, 0.1) is 15.9 Å². The van der Waals surface area contributed by atoms with Crippen molar-refractivity contribution in [1.82, 2.24) is 14.7 Å². The van der Waals surface area contributed by atoms with E-state index in [-0.39, 0.29) is 16.6 Å². The van der Waals surface area contributed by atoms with E-state index in [9.17, 15) is 13.2 Å². The normalized spacial score (nSPS) is 12.4. The number of sulfonamides is 1. The number of rotatable bonds is 5. The predicted octanol–water partition coefficient (Wildman–Crippen LogP) is 1.32. The number of nitrogens with one attached hydrogen (secondary N) is 3. The summed E-state index contributed by atoms with van der Waals surface area (Å²) in [5.74, 6) is 0. The molecule has 0 aliphatic carbocycles. The minimum atomic E-state index is -3.55. The lowest BCUT2D eigenvalue weighted by atomic mass is 10.2. The maximum Gasteiger partial charge on any atom is 0.323 e. The summed E-state index contributed by atoms with van der Waals surface area (Å²) in [5.41, 5.74) is 0.724. The Morgan fingerprint density at radius 3 is 2.42 bits per heavy atom. The third-order valence-electron chi connectivity index (χ3n) is 3.11. The number of imidazole rings is 1. The van der Waals surface area contributed by atoms with Crippen molar-refractivity contribution in [3.05, 3.63) is 28.7 Å². The van der Waals surface area contributed by atoms with E-state index in [1.165, 1.54) is 12.1 Å². The van der Waals surface area contributed by atoms with E-state index < -0.39 is 10.0 Å². The van der Waals surface area contributed by atoms with Crippen LogP contribution in [0.15, 0.2) is 27.9 Å². The highest BCUT2D eigenvalue weighted by Gasteiger charge is 2.18. The van der Waals surface area contributed by atoms with Gasteiger partial charge in [-0.2, -0.15) is 0 Å². The van der Waals surface area contributed by atoms with E-state index in [4.69, 9.17) is 0 Å². The van der Waals surface area contributed by atoms with Crippen LogP contribution in [0.5, 0.6) is 0 Å². The smallest absolute Gasteiger partial charge is 0.306 e. The summed E-state index contributed by atoms with van der Waals surface area (Å²) in [6, 6.07) is 4.44. The zero-order valence-corrected chi connectivity index (χ0v) is 11.7. The van der Waals surface area contributed by atoms with Crippen LogP contribution < -0.4 is 10.4 Å². The van der Waals surface area contributed by atoms with Crippen molar-refractivity contribution >= 4 is 21.1 Å². The zero-order chi connectivity index (χ0) is 14.0. The van der Waals surface area contributed by atoms with E-state index in [0.717, 1.165) is 12.8 Å². The summed E-state index contributed by atoms with van der Waals surface area (Å²) in [6.45, 7) is 3.87. The molecule has 1 aromatic carbocycles. The fourth-order valence-electron chi connectivity index (χ4n) is 1.92. The lowest BCUT2D eigenvalue weighted by molar-refractivity contribution is 0.530. The molecule has 3 N–H and O–H groups in total. The van der Waals surface area contributed by atoms with Gasteiger partial charge in [-0.15, -0.1) is 0 Å². The lowest BCUT2D eigenvalue weighted by Crippen LogP contribution is -2.33.